The average Bonchev–Trinajstić information content (AvgIpc) is 1.96. The molecule has 104 valence electrons. The van der Waals surface area contributed by atoms with Crippen molar-refractivity contribution in [2.24, 2.45) is 0 Å². The summed E-state index contributed by atoms with van der Waals surface area (Å²) in [5, 5.41) is 0. The molecular weight excluding hydrogens is 269 g/mol. The van der Waals surface area contributed by atoms with E-state index in [1.54, 1.807) is 6.92 Å². The molecule has 0 radical (unpaired) electrons. The van der Waals surface area contributed by atoms with Crippen molar-refractivity contribution in [1.29, 1.82) is 0 Å². The van der Waals surface area contributed by atoms with Crippen LogP contribution in [0.25, 0.3) is 0 Å². The van der Waals surface area contributed by atoms with Gasteiger partial charge in [0.15, 0.2) is 0 Å². The molecule has 0 aromatic carbocycles. The van der Waals surface area contributed by atoms with Crippen LogP contribution in [0, 0.1) is 0 Å². The molecule has 0 N–H and O–H groups in total. The van der Waals surface area contributed by atoms with E-state index in [0.29, 0.717) is 12.8 Å². The second-order valence-corrected chi connectivity index (χ2v) is 7.23. The highest BCUT2D eigenvalue weighted by Gasteiger charge is 2.45. The molecule has 0 atom stereocenters. The first-order chi connectivity index (χ1) is 7.47. The molecule has 0 aliphatic rings. The molecule has 1 nitrogen and oxygen atoms in total. The molecule has 0 amide bonds. The zero-order valence-corrected chi connectivity index (χ0v) is 10.3. The van der Waals surface area contributed by atoms with Crippen LogP contribution in [0.4, 0.5) is 26.3 Å². The van der Waals surface area contributed by atoms with Gasteiger partial charge in [0.05, 0.1) is 12.3 Å². The van der Waals surface area contributed by atoms with Gasteiger partial charge in [0.25, 0.3) is 0 Å². The van der Waals surface area contributed by atoms with Crippen molar-refractivity contribution in [2.45, 2.75) is 38.5 Å². The standard InChI is InChI=1S/C9H15F6OP/c1-2-3-4-5-17(16,6-8(10,11)12)7-9(13,14)15/h2-7H2,1H3. The van der Waals surface area contributed by atoms with E-state index < -0.39 is 38.0 Å². The zero-order chi connectivity index (χ0) is 13.7. The van der Waals surface area contributed by atoms with Gasteiger partial charge in [-0.15, -0.1) is 0 Å². The molecule has 0 saturated carbocycles. The molecule has 8 heteroatoms. The van der Waals surface area contributed by atoms with Crippen LogP contribution in [0.15, 0.2) is 0 Å². The van der Waals surface area contributed by atoms with E-state index in [1.165, 1.54) is 0 Å². The topological polar surface area (TPSA) is 17.1 Å². The van der Waals surface area contributed by atoms with Crippen LogP contribution in [0.5, 0.6) is 0 Å². The maximum Gasteiger partial charge on any atom is 0.395 e. The fourth-order valence-corrected chi connectivity index (χ4v) is 4.05. The summed E-state index contributed by atoms with van der Waals surface area (Å²) in [6, 6.07) is 0. The molecule has 0 aliphatic heterocycles. The van der Waals surface area contributed by atoms with Gasteiger partial charge in [-0.25, -0.2) is 0 Å². The summed E-state index contributed by atoms with van der Waals surface area (Å²) >= 11 is 0. The van der Waals surface area contributed by atoms with Crippen LogP contribution in [-0.2, 0) is 4.57 Å². The Hall–Kier alpha value is -0.190. The summed E-state index contributed by atoms with van der Waals surface area (Å²) in [7, 11) is -4.24. The first kappa shape index (κ1) is 16.8. The summed E-state index contributed by atoms with van der Waals surface area (Å²) in [5.74, 6) is 0. The summed E-state index contributed by atoms with van der Waals surface area (Å²) < 4.78 is 84.3. The Morgan fingerprint density at radius 3 is 1.59 bits per heavy atom. The Morgan fingerprint density at radius 2 is 1.29 bits per heavy atom. The Bertz CT molecular complexity index is 250. The Labute approximate surface area is 95.9 Å². The molecule has 0 unspecified atom stereocenters. The van der Waals surface area contributed by atoms with Gasteiger partial charge in [0.2, 0.25) is 0 Å². The van der Waals surface area contributed by atoms with Crippen LogP contribution < -0.4 is 0 Å². The molecule has 0 aromatic rings. The minimum absolute atomic E-state index is 0.139. The van der Waals surface area contributed by atoms with Crippen molar-refractivity contribution in [3.8, 4) is 0 Å². The van der Waals surface area contributed by atoms with Crippen molar-refractivity contribution in [1.82, 2.24) is 0 Å². The predicted molar refractivity (Wildman–Crippen MR) is 53.8 cm³/mol. The number of rotatable bonds is 6. The van der Waals surface area contributed by atoms with E-state index in [2.05, 4.69) is 0 Å². The van der Waals surface area contributed by atoms with E-state index in [4.69, 9.17) is 0 Å². The van der Waals surface area contributed by atoms with Gasteiger partial charge >= 0.3 is 12.4 Å². The van der Waals surface area contributed by atoms with Crippen LogP contribution >= 0.6 is 7.14 Å². The van der Waals surface area contributed by atoms with E-state index in [9.17, 15) is 30.9 Å². The Kier molecular flexibility index (Phi) is 6.05. The van der Waals surface area contributed by atoms with Crippen LogP contribution in [0.1, 0.15) is 26.2 Å². The molecule has 0 aliphatic carbocycles. The Balaban J connectivity index is 4.64. The first-order valence-corrected chi connectivity index (χ1v) is 7.44. The smallest absolute Gasteiger partial charge is 0.323 e. The van der Waals surface area contributed by atoms with E-state index >= 15 is 0 Å². The molecule has 0 spiro atoms. The normalized spacial score (nSPS) is 14.1. The summed E-state index contributed by atoms with van der Waals surface area (Å²) in [5.41, 5.74) is 0. The SMILES string of the molecule is CCCCCP(=O)(CC(F)(F)F)CC(F)(F)F. The summed E-state index contributed by atoms with van der Waals surface area (Å²) in [6.45, 7) is 1.76. The van der Waals surface area contributed by atoms with Gasteiger partial charge in [0.1, 0.15) is 7.14 Å². The lowest BCUT2D eigenvalue weighted by molar-refractivity contribution is -0.112. The van der Waals surface area contributed by atoms with Gasteiger partial charge in [-0.1, -0.05) is 19.8 Å². The third-order valence-corrected chi connectivity index (χ3v) is 5.11. The van der Waals surface area contributed by atoms with Crippen molar-refractivity contribution < 1.29 is 30.9 Å². The Morgan fingerprint density at radius 1 is 0.882 bits per heavy atom. The van der Waals surface area contributed by atoms with Gasteiger partial charge in [-0.05, 0) is 6.42 Å². The van der Waals surface area contributed by atoms with Gasteiger partial charge in [-0.2, -0.15) is 26.3 Å². The number of hydrogen-bond donors (Lipinski definition) is 0. The second kappa shape index (κ2) is 6.12. The number of hydrogen-bond acceptors (Lipinski definition) is 1. The van der Waals surface area contributed by atoms with Crippen molar-refractivity contribution in [2.75, 3.05) is 18.5 Å². The molecule has 0 heterocycles. The maximum absolute atomic E-state index is 12.1. The summed E-state index contributed by atoms with van der Waals surface area (Å²) in [4.78, 5) is 0. The lowest BCUT2D eigenvalue weighted by Gasteiger charge is -2.21. The van der Waals surface area contributed by atoms with E-state index in [0.717, 1.165) is 0 Å². The molecule has 0 bridgehead atoms. The highest BCUT2D eigenvalue weighted by atomic mass is 31.2. The third kappa shape index (κ3) is 9.51. The van der Waals surface area contributed by atoms with Crippen LogP contribution in [0.2, 0.25) is 0 Å². The predicted octanol–water partition coefficient (Wildman–Crippen LogP) is 4.66. The largest absolute Gasteiger partial charge is 0.395 e. The lowest BCUT2D eigenvalue weighted by atomic mass is 10.3. The molecule has 0 fully saturated rings. The second-order valence-electron chi connectivity index (χ2n) is 4.04. The first-order valence-electron chi connectivity index (χ1n) is 5.18. The van der Waals surface area contributed by atoms with E-state index in [-0.39, 0.29) is 6.42 Å². The van der Waals surface area contributed by atoms with Crippen LogP contribution in [-0.4, -0.2) is 30.8 Å². The quantitative estimate of drug-likeness (QED) is 0.393. The van der Waals surface area contributed by atoms with Gasteiger partial charge in [0, 0.05) is 6.16 Å². The lowest BCUT2D eigenvalue weighted by Crippen LogP contribution is -2.23. The fourth-order valence-electron chi connectivity index (χ4n) is 1.52. The monoisotopic (exact) mass is 284 g/mol. The molecule has 0 rings (SSSR count). The third-order valence-electron chi connectivity index (χ3n) is 2.10. The molecular formula is C9H15F6OP. The molecule has 0 saturated heterocycles. The zero-order valence-electron chi connectivity index (χ0n) is 9.37. The molecule has 0 aromatic heterocycles. The van der Waals surface area contributed by atoms with Gasteiger partial charge in [-0.3, -0.25) is 0 Å². The highest BCUT2D eigenvalue weighted by molar-refractivity contribution is 7.64. The van der Waals surface area contributed by atoms with Crippen molar-refractivity contribution in [3.05, 3.63) is 0 Å². The highest BCUT2D eigenvalue weighted by Crippen LogP contribution is 2.53. The summed E-state index contributed by atoms with van der Waals surface area (Å²) in [6.07, 6.45) is -12.5. The van der Waals surface area contributed by atoms with Crippen molar-refractivity contribution in [3.63, 3.8) is 0 Å². The van der Waals surface area contributed by atoms with E-state index in [1.807, 2.05) is 0 Å². The number of unbranched alkanes of at least 4 members (excludes halogenated alkanes) is 2. The average molecular weight is 284 g/mol. The van der Waals surface area contributed by atoms with Crippen LogP contribution in [0.3, 0.4) is 0 Å². The number of halogens is 6. The maximum atomic E-state index is 12.1. The minimum Gasteiger partial charge on any atom is -0.323 e. The molecule has 17 heavy (non-hydrogen) atoms. The fraction of sp³-hybridized carbons (Fsp3) is 1.00. The van der Waals surface area contributed by atoms with Crippen molar-refractivity contribution >= 4 is 7.14 Å². The number of alkyl halides is 6. The van der Waals surface area contributed by atoms with Gasteiger partial charge < -0.3 is 4.57 Å². The minimum atomic E-state index is -4.81.